The Morgan fingerprint density at radius 3 is 1.70 bits per heavy atom. The molecule has 1 aromatic heterocycles. The number of fused-ring (bicyclic) bond motifs is 2. The van der Waals surface area contributed by atoms with Crippen molar-refractivity contribution in [2.24, 2.45) is 0 Å². The summed E-state index contributed by atoms with van der Waals surface area (Å²) in [6.45, 7) is 13.1. The molecular weight excluding hydrogens is 564 g/mol. The maximum Gasteiger partial charge on any atom is 0.163 e. The first-order chi connectivity index (χ1) is 22.0. The standard InChI is InChI=1S/C41H38N4O/c1-40(2,3)31-21-23-32(24-22-31)45-33-14-10-11-15-35(33)46-36-26-30(20-25-34(36)45)27-16-18-29(19-17-27)38-42-37(28-12-8-7-9-13-28)43-39(44-38)41(4,5)6/h7-26H,1-6H3. The van der Waals surface area contributed by atoms with E-state index in [2.05, 4.69) is 125 Å². The van der Waals surface area contributed by atoms with Gasteiger partial charge in [-0.2, -0.15) is 0 Å². The molecule has 2 heterocycles. The summed E-state index contributed by atoms with van der Waals surface area (Å²) in [7, 11) is 0. The lowest BCUT2D eigenvalue weighted by Crippen LogP contribution is -2.18. The number of rotatable bonds is 4. The second kappa shape index (κ2) is 11.3. The number of hydrogen-bond donors (Lipinski definition) is 0. The van der Waals surface area contributed by atoms with Crippen molar-refractivity contribution >= 4 is 17.1 Å². The van der Waals surface area contributed by atoms with Crippen LogP contribution in [0.5, 0.6) is 11.5 Å². The zero-order valence-corrected chi connectivity index (χ0v) is 27.2. The molecule has 0 aliphatic carbocycles. The molecule has 1 aliphatic heterocycles. The molecular formula is C41H38N4O. The predicted molar refractivity (Wildman–Crippen MR) is 188 cm³/mol. The molecule has 0 saturated heterocycles. The number of ether oxygens (including phenoxy) is 1. The zero-order valence-electron chi connectivity index (χ0n) is 27.2. The first kappa shape index (κ1) is 29.4. The number of benzene rings is 5. The van der Waals surface area contributed by atoms with Crippen molar-refractivity contribution in [1.82, 2.24) is 15.0 Å². The van der Waals surface area contributed by atoms with Crippen LogP contribution in [0, 0.1) is 0 Å². The van der Waals surface area contributed by atoms with Crippen LogP contribution in [0.2, 0.25) is 0 Å². The molecule has 7 rings (SSSR count). The maximum atomic E-state index is 6.49. The molecule has 46 heavy (non-hydrogen) atoms. The van der Waals surface area contributed by atoms with E-state index in [9.17, 15) is 0 Å². The molecule has 0 spiro atoms. The van der Waals surface area contributed by atoms with Crippen LogP contribution in [0.4, 0.5) is 17.1 Å². The molecule has 0 fully saturated rings. The third-order valence-electron chi connectivity index (χ3n) is 8.33. The molecule has 0 saturated carbocycles. The van der Waals surface area contributed by atoms with E-state index in [4.69, 9.17) is 19.7 Å². The number of nitrogens with zero attached hydrogens (tertiary/aromatic N) is 4. The first-order valence-corrected chi connectivity index (χ1v) is 15.8. The van der Waals surface area contributed by atoms with E-state index in [1.165, 1.54) is 5.56 Å². The minimum atomic E-state index is -0.217. The Labute approximate surface area is 271 Å². The SMILES string of the molecule is CC(C)(C)c1ccc(N2c3ccccc3Oc3cc(-c4ccc(-c5nc(-c6ccccc6)nc(C(C)(C)C)n5)cc4)ccc32)cc1. The van der Waals surface area contributed by atoms with Crippen LogP contribution in [-0.2, 0) is 10.8 Å². The van der Waals surface area contributed by atoms with Gasteiger partial charge in [0.25, 0.3) is 0 Å². The highest BCUT2D eigenvalue weighted by Crippen LogP contribution is 2.51. The topological polar surface area (TPSA) is 51.1 Å². The molecule has 1 aliphatic rings. The first-order valence-electron chi connectivity index (χ1n) is 15.8. The molecule has 0 radical (unpaired) electrons. The van der Waals surface area contributed by atoms with Gasteiger partial charge in [0.15, 0.2) is 23.1 Å². The number of anilines is 3. The summed E-state index contributed by atoms with van der Waals surface area (Å²) in [5.41, 5.74) is 8.40. The van der Waals surface area contributed by atoms with Crippen molar-refractivity contribution in [2.45, 2.75) is 52.4 Å². The molecule has 0 N–H and O–H groups in total. The van der Waals surface area contributed by atoms with Crippen LogP contribution in [-0.4, -0.2) is 15.0 Å². The lowest BCUT2D eigenvalue weighted by atomic mass is 9.87. The quantitative estimate of drug-likeness (QED) is 0.201. The Morgan fingerprint density at radius 2 is 1.04 bits per heavy atom. The number of hydrogen-bond acceptors (Lipinski definition) is 5. The van der Waals surface area contributed by atoms with Gasteiger partial charge in [-0.05, 0) is 58.5 Å². The van der Waals surface area contributed by atoms with Crippen LogP contribution < -0.4 is 9.64 Å². The van der Waals surface area contributed by atoms with Crippen molar-refractivity contribution in [3.63, 3.8) is 0 Å². The Kier molecular flexibility index (Phi) is 7.20. The van der Waals surface area contributed by atoms with Gasteiger partial charge in [-0.15, -0.1) is 0 Å². The average molecular weight is 603 g/mol. The van der Waals surface area contributed by atoms with Crippen molar-refractivity contribution < 1.29 is 4.74 Å². The van der Waals surface area contributed by atoms with Gasteiger partial charge in [-0.1, -0.05) is 126 Å². The van der Waals surface area contributed by atoms with Crippen molar-refractivity contribution in [1.29, 1.82) is 0 Å². The number of aromatic nitrogens is 3. The van der Waals surface area contributed by atoms with Crippen LogP contribution in [0.25, 0.3) is 33.9 Å². The third kappa shape index (κ3) is 5.65. The minimum Gasteiger partial charge on any atom is -0.453 e. The molecule has 0 unspecified atom stereocenters. The lowest BCUT2D eigenvalue weighted by Gasteiger charge is -2.33. The monoisotopic (exact) mass is 602 g/mol. The van der Waals surface area contributed by atoms with Crippen LogP contribution in [0.1, 0.15) is 52.9 Å². The Hall–Kier alpha value is -5.29. The molecule has 228 valence electrons. The maximum absolute atomic E-state index is 6.49. The predicted octanol–water partition coefficient (Wildman–Crippen LogP) is 11.0. The van der Waals surface area contributed by atoms with E-state index in [-0.39, 0.29) is 10.8 Å². The second-order valence-corrected chi connectivity index (χ2v) is 13.9. The third-order valence-corrected chi connectivity index (χ3v) is 8.33. The van der Waals surface area contributed by atoms with E-state index in [0.29, 0.717) is 11.6 Å². The lowest BCUT2D eigenvalue weighted by molar-refractivity contribution is 0.477. The average Bonchev–Trinajstić information content (AvgIpc) is 3.06. The van der Waals surface area contributed by atoms with Crippen molar-refractivity contribution in [3.05, 3.63) is 133 Å². The highest BCUT2D eigenvalue weighted by atomic mass is 16.5. The minimum absolute atomic E-state index is 0.0897. The summed E-state index contributed by atoms with van der Waals surface area (Å²) in [5, 5.41) is 0. The van der Waals surface area contributed by atoms with E-state index in [1.54, 1.807) is 0 Å². The fraction of sp³-hybridized carbons (Fsp3) is 0.195. The second-order valence-electron chi connectivity index (χ2n) is 13.9. The molecule has 0 bridgehead atoms. The summed E-state index contributed by atoms with van der Waals surface area (Å²) in [6, 6.07) is 42.0. The van der Waals surface area contributed by atoms with E-state index in [1.807, 2.05) is 42.5 Å². The molecule has 6 aromatic rings. The summed E-state index contributed by atoms with van der Waals surface area (Å²) < 4.78 is 6.49. The summed E-state index contributed by atoms with van der Waals surface area (Å²) in [4.78, 5) is 16.9. The van der Waals surface area contributed by atoms with E-state index >= 15 is 0 Å². The Morgan fingerprint density at radius 1 is 0.478 bits per heavy atom. The molecule has 5 heteroatoms. The van der Waals surface area contributed by atoms with Gasteiger partial charge in [0, 0.05) is 22.2 Å². The van der Waals surface area contributed by atoms with E-state index in [0.717, 1.165) is 56.6 Å². The highest BCUT2D eigenvalue weighted by Gasteiger charge is 2.27. The summed E-state index contributed by atoms with van der Waals surface area (Å²) >= 11 is 0. The van der Waals surface area contributed by atoms with Gasteiger partial charge in [0.05, 0.1) is 11.4 Å². The largest absolute Gasteiger partial charge is 0.453 e. The van der Waals surface area contributed by atoms with Crippen LogP contribution in [0.15, 0.2) is 121 Å². The fourth-order valence-electron chi connectivity index (χ4n) is 5.69. The van der Waals surface area contributed by atoms with Gasteiger partial charge in [-0.3, -0.25) is 0 Å². The smallest absolute Gasteiger partial charge is 0.163 e. The van der Waals surface area contributed by atoms with Gasteiger partial charge >= 0.3 is 0 Å². The molecule has 5 nitrogen and oxygen atoms in total. The number of para-hydroxylation sites is 2. The summed E-state index contributed by atoms with van der Waals surface area (Å²) in [5.74, 6) is 3.78. The Balaban J connectivity index is 1.24. The van der Waals surface area contributed by atoms with Crippen molar-refractivity contribution in [3.8, 4) is 45.4 Å². The normalized spacial score (nSPS) is 12.7. The summed E-state index contributed by atoms with van der Waals surface area (Å²) in [6.07, 6.45) is 0. The van der Waals surface area contributed by atoms with Gasteiger partial charge in [-0.25, -0.2) is 15.0 Å². The van der Waals surface area contributed by atoms with Gasteiger partial charge < -0.3 is 9.64 Å². The fourth-order valence-corrected chi connectivity index (χ4v) is 5.69. The Bertz CT molecular complexity index is 2020. The van der Waals surface area contributed by atoms with E-state index < -0.39 is 0 Å². The molecule has 0 amide bonds. The van der Waals surface area contributed by atoms with Crippen molar-refractivity contribution in [2.75, 3.05) is 4.90 Å². The zero-order chi connectivity index (χ0) is 32.1. The van der Waals surface area contributed by atoms with Crippen LogP contribution in [0.3, 0.4) is 0 Å². The molecule has 5 aromatic carbocycles. The van der Waals surface area contributed by atoms with Gasteiger partial charge in [0.2, 0.25) is 0 Å². The van der Waals surface area contributed by atoms with Gasteiger partial charge in [0.1, 0.15) is 5.82 Å². The molecule has 0 atom stereocenters. The van der Waals surface area contributed by atoms with Crippen LogP contribution >= 0.6 is 0 Å². The highest BCUT2D eigenvalue weighted by molar-refractivity contribution is 5.88.